The van der Waals surface area contributed by atoms with Gasteiger partial charge in [0.15, 0.2) is 0 Å². The van der Waals surface area contributed by atoms with Crippen molar-refractivity contribution in [2.24, 2.45) is 0 Å². The summed E-state index contributed by atoms with van der Waals surface area (Å²) in [7, 11) is -0.676. The summed E-state index contributed by atoms with van der Waals surface area (Å²) in [5.41, 5.74) is -0.847. The number of piperazine rings is 1. The number of hydrogen-bond donors (Lipinski definition) is 1. The molecule has 170 valence electrons. The zero-order valence-corrected chi connectivity index (χ0v) is 19.4. The topological polar surface area (TPSA) is 77.1 Å². The number of halogens is 1. The van der Waals surface area contributed by atoms with Crippen molar-refractivity contribution in [3.63, 3.8) is 0 Å². The van der Waals surface area contributed by atoms with Crippen LogP contribution in [0.5, 0.6) is 0 Å². The number of benzene rings is 1. The molecule has 0 saturated carbocycles. The molecule has 0 spiro atoms. The number of nitrogens with one attached hydrogen (secondary N) is 1. The quantitative estimate of drug-likeness (QED) is 0.740. The smallest absolute Gasteiger partial charge is 0.444 e. The van der Waals surface area contributed by atoms with Crippen molar-refractivity contribution in [3.05, 3.63) is 29.6 Å². The Kier molecular flexibility index (Phi) is 6.14. The fraction of sp³-hybridized carbons (Fsp3) is 0.636. The Balaban J connectivity index is 1.78. The van der Waals surface area contributed by atoms with E-state index >= 15 is 0 Å². The second-order valence-corrected chi connectivity index (χ2v) is 10.1. The molecule has 2 saturated heterocycles. The number of rotatable bonds is 3. The molecule has 9 heteroatoms. The van der Waals surface area contributed by atoms with Gasteiger partial charge < -0.3 is 19.4 Å². The predicted octanol–water partition coefficient (Wildman–Crippen LogP) is 2.40. The van der Waals surface area contributed by atoms with Crippen LogP contribution in [0.1, 0.15) is 54.0 Å². The lowest BCUT2D eigenvalue weighted by molar-refractivity contribution is -0.128. The Bertz CT molecular complexity index is 852. The molecule has 0 aromatic heterocycles. The molecule has 0 radical (unpaired) electrons. The zero-order chi connectivity index (χ0) is 23.2. The maximum Gasteiger partial charge on any atom is 0.494 e. The second-order valence-electron chi connectivity index (χ2n) is 10.1. The average Bonchev–Trinajstić information content (AvgIpc) is 2.84. The first-order valence-corrected chi connectivity index (χ1v) is 10.6. The molecule has 1 unspecified atom stereocenters. The van der Waals surface area contributed by atoms with Crippen LogP contribution in [-0.2, 0) is 25.3 Å². The molecule has 2 fully saturated rings. The molecule has 2 heterocycles. The third kappa shape index (κ3) is 5.04. The maximum atomic E-state index is 15.0. The van der Waals surface area contributed by atoms with Crippen LogP contribution in [-0.4, -0.2) is 60.0 Å². The highest BCUT2D eigenvalue weighted by Crippen LogP contribution is 2.36. The molecular weight excluding hydrogens is 402 g/mol. The molecule has 2 aliphatic heterocycles. The van der Waals surface area contributed by atoms with Crippen LogP contribution < -0.4 is 10.8 Å². The molecule has 1 aromatic carbocycles. The highest BCUT2D eigenvalue weighted by atomic mass is 19.1. The molecular formula is C22H32BFN2O5. The molecule has 31 heavy (non-hydrogen) atoms. The Hall–Kier alpha value is -2.13. The van der Waals surface area contributed by atoms with Crippen LogP contribution in [0.25, 0.3) is 0 Å². The highest BCUT2D eigenvalue weighted by Gasteiger charge is 2.51. The van der Waals surface area contributed by atoms with Crippen molar-refractivity contribution in [1.82, 2.24) is 10.2 Å². The Morgan fingerprint density at radius 1 is 1.26 bits per heavy atom. The van der Waals surface area contributed by atoms with Crippen molar-refractivity contribution >= 4 is 24.6 Å². The van der Waals surface area contributed by atoms with Gasteiger partial charge in [0.1, 0.15) is 17.5 Å². The summed E-state index contributed by atoms with van der Waals surface area (Å²) in [6.07, 6.45) is -0.540. The molecule has 2 aliphatic rings. The van der Waals surface area contributed by atoms with E-state index < -0.39 is 41.9 Å². The van der Waals surface area contributed by atoms with Crippen LogP contribution in [0, 0.1) is 5.82 Å². The van der Waals surface area contributed by atoms with Gasteiger partial charge in [0, 0.05) is 19.5 Å². The van der Waals surface area contributed by atoms with Gasteiger partial charge in [-0.05, 0) is 65.6 Å². The first-order valence-electron chi connectivity index (χ1n) is 10.6. The lowest BCUT2D eigenvalue weighted by Gasteiger charge is -2.36. The Morgan fingerprint density at radius 2 is 1.87 bits per heavy atom. The van der Waals surface area contributed by atoms with Gasteiger partial charge in [-0.1, -0.05) is 12.1 Å². The highest BCUT2D eigenvalue weighted by molar-refractivity contribution is 6.62. The number of nitrogens with zero attached hydrogens (tertiary/aromatic N) is 1. The third-order valence-electron chi connectivity index (χ3n) is 5.97. The average molecular weight is 434 g/mol. The fourth-order valence-electron chi connectivity index (χ4n) is 3.52. The summed E-state index contributed by atoms with van der Waals surface area (Å²) < 4.78 is 32.4. The minimum Gasteiger partial charge on any atom is -0.444 e. The minimum atomic E-state index is -0.846. The van der Waals surface area contributed by atoms with E-state index in [2.05, 4.69) is 5.32 Å². The molecule has 1 N–H and O–H groups in total. The van der Waals surface area contributed by atoms with Crippen molar-refractivity contribution in [3.8, 4) is 0 Å². The van der Waals surface area contributed by atoms with Crippen LogP contribution in [0.3, 0.4) is 0 Å². The minimum absolute atomic E-state index is 0.0422. The van der Waals surface area contributed by atoms with Crippen LogP contribution in [0.2, 0.25) is 0 Å². The number of amides is 2. The fourth-order valence-corrected chi connectivity index (χ4v) is 3.52. The molecule has 7 nitrogen and oxygen atoms in total. The summed E-state index contributed by atoms with van der Waals surface area (Å²) in [6.45, 7) is 13.7. The van der Waals surface area contributed by atoms with Gasteiger partial charge >= 0.3 is 13.2 Å². The van der Waals surface area contributed by atoms with E-state index in [1.165, 1.54) is 11.0 Å². The van der Waals surface area contributed by atoms with Crippen LogP contribution in [0.15, 0.2) is 18.2 Å². The molecule has 3 rings (SSSR count). The van der Waals surface area contributed by atoms with Crippen molar-refractivity contribution in [2.75, 3.05) is 13.1 Å². The van der Waals surface area contributed by atoms with Gasteiger partial charge in [-0.2, -0.15) is 0 Å². The molecule has 1 aromatic rings. The van der Waals surface area contributed by atoms with E-state index in [9.17, 15) is 14.0 Å². The summed E-state index contributed by atoms with van der Waals surface area (Å²) in [5, 5.41) is 2.74. The molecule has 2 amide bonds. The largest absolute Gasteiger partial charge is 0.494 e. The van der Waals surface area contributed by atoms with Crippen molar-refractivity contribution < 1.29 is 28.0 Å². The van der Waals surface area contributed by atoms with E-state index in [0.717, 1.165) is 0 Å². The predicted molar refractivity (Wildman–Crippen MR) is 116 cm³/mol. The summed E-state index contributed by atoms with van der Waals surface area (Å²) in [5.74, 6) is -0.804. The monoisotopic (exact) mass is 434 g/mol. The summed E-state index contributed by atoms with van der Waals surface area (Å²) >= 11 is 0. The number of carbonyl (C=O) groups is 2. The lowest BCUT2D eigenvalue weighted by Crippen LogP contribution is -2.58. The first-order chi connectivity index (χ1) is 14.2. The van der Waals surface area contributed by atoms with Crippen LogP contribution in [0.4, 0.5) is 9.18 Å². The van der Waals surface area contributed by atoms with Gasteiger partial charge in [0.25, 0.3) is 0 Å². The van der Waals surface area contributed by atoms with E-state index in [1.807, 2.05) is 27.7 Å². The second kappa shape index (κ2) is 8.09. The standard InChI is InChI=1S/C22H32BFN2O5/c1-20(2,3)29-19(28)26-11-10-25-18(27)17(26)12-14-8-9-15(13-16(14)24)23-30-21(4,5)22(6,7)31-23/h8-9,13,17H,10-12H2,1-7H3,(H,25,27). The molecule has 1 atom stereocenters. The molecule has 0 bridgehead atoms. The maximum absolute atomic E-state index is 15.0. The van der Waals surface area contributed by atoms with E-state index in [0.29, 0.717) is 24.1 Å². The van der Waals surface area contributed by atoms with Crippen molar-refractivity contribution in [2.45, 2.75) is 77.7 Å². The van der Waals surface area contributed by atoms with E-state index in [4.69, 9.17) is 14.0 Å². The van der Waals surface area contributed by atoms with Crippen molar-refractivity contribution in [1.29, 1.82) is 0 Å². The SMILES string of the molecule is CC(C)(C)OC(=O)N1CCNC(=O)C1Cc1ccc(B2OC(C)(C)C(C)(C)O2)cc1F. The van der Waals surface area contributed by atoms with E-state index in [-0.39, 0.29) is 12.3 Å². The Labute approximate surface area is 183 Å². The number of hydrogen-bond acceptors (Lipinski definition) is 5. The summed E-state index contributed by atoms with van der Waals surface area (Å²) in [4.78, 5) is 26.4. The third-order valence-corrected chi connectivity index (χ3v) is 5.97. The zero-order valence-electron chi connectivity index (χ0n) is 19.4. The van der Waals surface area contributed by atoms with Gasteiger partial charge in [-0.15, -0.1) is 0 Å². The lowest BCUT2D eigenvalue weighted by atomic mass is 9.78. The molecule has 0 aliphatic carbocycles. The van der Waals surface area contributed by atoms with Gasteiger partial charge in [-0.3, -0.25) is 9.69 Å². The number of ether oxygens (including phenoxy) is 1. The van der Waals surface area contributed by atoms with Gasteiger partial charge in [0.2, 0.25) is 5.91 Å². The summed E-state index contributed by atoms with van der Waals surface area (Å²) in [6, 6.07) is 3.88. The normalized spacial score (nSPS) is 23.0. The van der Waals surface area contributed by atoms with Gasteiger partial charge in [0.05, 0.1) is 11.2 Å². The van der Waals surface area contributed by atoms with Gasteiger partial charge in [-0.25, -0.2) is 9.18 Å². The van der Waals surface area contributed by atoms with Crippen LogP contribution >= 0.6 is 0 Å². The first kappa shape index (κ1) is 23.5. The van der Waals surface area contributed by atoms with E-state index in [1.54, 1.807) is 32.9 Å². The Morgan fingerprint density at radius 3 is 2.42 bits per heavy atom. The number of carbonyl (C=O) groups excluding carboxylic acids is 2.